The summed E-state index contributed by atoms with van der Waals surface area (Å²) in [6, 6.07) is 0.423. The summed E-state index contributed by atoms with van der Waals surface area (Å²) in [4.78, 5) is 4.80. The van der Waals surface area contributed by atoms with E-state index >= 15 is 0 Å². The van der Waals surface area contributed by atoms with Crippen molar-refractivity contribution < 1.29 is 5.11 Å². The largest absolute Gasteiger partial charge is 0.394 e. The number of likely N-dealkylation sites (tertiary alicyclic amines) is 1. The zero-order valence-corrected chi connectivity index (χ0v) is 12.5. The standard InChI is InChI=1S/C14H31N3O/c1-12(9-14(2,15)11-18)17(4)10-13-5-7-16(3)8-6-13/h12-13,18H,5-11,15H2,1-4H3. The fraction of sp³-hybridized carbons (Fsp3) is 1.00. The third-order valence-corrected chi connectivity index (χ3v) is 4.26. The van der Waals surface area contributed by atoms with Crippen LogP contribution >= 0.6 is 0 Å². The van der Waals surface area contributed by atoms with Gasteiger partial charge in [-0.15, -0.1) is 0 Å². The fourth-order valence-electron chi connectivity index (χ4n) is 2.73. The molecule has 1 saturated heterocycles. The summed E-state index contributed by atoms with van der Waals surface area (Å²) in [5, 5.41) is 9.23. The van der Waals surface area contributed by atoms with E-state index in [4.69, 9.17) is 5.73 Å². The average molecular weight is 257 g/mol. The van der Waals surface area contributed by atoms with Gasteiger partial charge in [-0.05, 0) is 66.2 Å². The number of nitrogens with two attached hydrogens (primary N) is 1. The Labute approximate surface area is 112 Å². The lowest BCUT2D eigenvalue weighted by molar-refractivity contribution is 0.123. The molecule has 2 unspecified atom stereocenters. The first kappa shape index (κ1) is 15.9. The lowest BCUT2D eigenvalue weighted by atomic mass is 9.93. The Morgan fingerprint density at radius 2 is 2.00 bits per heavy atom. The van der Waals surface area contributed by atoms with Crippen molar-refractivity contribution in [3.63, 3.8) is 0 Å². The van der Waals surface area contributed by atoms with Gasteiger partial charge in [0.05, 0.1) is 6.61 Å². The highest BCUT2D eigenvalue weighted by molar-refractivity contribution is 4.84. The second kappa shape index (κ2) is 6.85. The Bertz CT molecular complexity index is 237. The highest BCUT2D eigenvalue weighted by atomic mass is 16.3. The molecule has 2 atom stereocenters. The molecule has 0 aromatic rings. The molecule has 4 nitrogen and oxygen atoms in total. The van der Waals surface area contributed by atoms with Gasteiger partial charge in [0.15, 0.2) is 0 Å². The maximum atomic E-state index is 9.23. The predicted molar refractivity (Wildman–Crippen MR) is 76.6 cm³/mol. The number of hydrogen-bond donors (Lipinski definition) is 2. The van der Waals surface area contributed by atoms with Crippen LogP contribution < -0.4 is 5.73 Å². The summed E-state index contributed by atoms with van der Waals surface area (Å²) in [6.07, 6.45) is 3.44. The minimum atomic E-state index is -0.458. The molecule has 0 spiro atoms. The Morgan fingerprint density at radius 3 is 2.50 bits per heavy atom. The lowest BCUT2D eigenvalue weighted by Crippen LogP contribution is -2.47. The normalized spacial score (nSPS) is 24.2. The van der Waals surface area contributed by atoms with Crippen molar-refractivity contribution in [2.75, 3.05) is 40.3 Å². The van der Waals surface area contributed by atoms with E-state index in [0.717, 1.165) is 18.9 Å². The van der Waals surface area contributed by atoms with Gasteiger partial charge in [-0.2, -0.15) is 0 Å². The number of aliphatic hydroxyl groups excluding tert-OH is 1. The van der Waals surface area contributed by atoms with Gasteiger partial charge in [0, 0.05) is 18.1 Å². The molecule has 0 aliphatic carbocycles. The molecule has 1 aliphatic rings. The maximum Gasteiger partial charge on any atom is 0.0609 e. The first-order chi connectivity index (χ1) is 8.34. The summed E-state index contributed by atoms with van der Waals surface area (Å²) < 4.78 is 0. The highest BCUT2D eigenvalue weighted by Crippen LogP contribution is 2.19. The molecule has 3 N–H and O–H groups in total. The van der Waals surface area contributed by atoms with Crippen LogP contribution in [0.1, 0.15) is 33.1 Å². The predicted octanol–water partition coefficient (Wildman–Crippen LogP) is 0.748. The summed E-state index contributed by atoms with van der Waals surface area (Å²) in [5.41, 5.74) is 5.56. The Balaban J connectivity index is 2.33. The van der Waals surface area contributed by atoms with Crippen molar-refractivity contribution in [1.82, 2.24) is 9.80 Å². The molecular formula is C14H31N3O. The average Bonchev–Trinajstić information content (AvgIpc) is 2.31. The van der Waals surface area contributed by atoms with Crippen LogP contribution in [0.3, 0.4) is 0 Å². The van der Waals surface area contributed by atoms with Crippen molar-refractivity contribution in [2.24, 2.45) is 11.7 Å². The van der Waals surface area contributed by atoms with Crippen LogP contribution in [-0.2, 0) is 0 Å². The summed E-state index contributed by atoms with van der Waals surface area (Å²) in [5.74, 6) is 0.812. The Hall–Kier alpha value is -0.160. The van der Waals surface area contributed by atoms with Gasteiger partial charge in [0.1, 0.15) is 0 Å². The molecule has 0 bridgehead atoms. The van der Waals surface area contributed by atoms with Gasteiger partial charge in [-0.25, -0.2) is 0 Å². The van der Waals surface area contributed by atoms with Crippen molar-refractivity contribution in [1.29, 1.82) is 0 Å². The second-order valence-corrected chi connectivity index (χ2v) is 6.55. The summed E-state index contributed by atoms with van der Waals surface area (Å²) in [6.45, 7) is 7.77. The van der Waals surface area contributed by atoms with E-state index in [2.05, 4.69) is 30.8 Å². The van der Waals surface area contributed by atoms with Crippen LogP contribution in [0.4, 0.5) is 0 Å². The molecule has 0 saturated carbocycles. The Kier molecular flexibility index (Phi) is 6.05. The molecule has 0 amide bonds. The fourth-order valence-corrected chi connectivity index (χ4v) is 2.73. The van der Waals surface area contributed by atoms with Gasteiger partial charge >= 0.3 is 0 Å². The molecule has 1 heterocycles. The van der Waals surface area contributed by atoms with Crippen LogP contribution in [0.25, 0.3) is 0 Å². The lowest BCUT2D eigenvalue weighted by Gasteiger charge is -2.36. The third kappa shape index (κ3) is 5.22. The Morgan fingerprint density at radius 1 is 1.44 bits per heavy atom. The number of hydrogen-bond acceptors (Lipinski definition) is 4. The molecular weight excluding hydrogens is 226 g/mol. The van der Waals surface area contributed by atoms with E-state index in [1.807, 2.05) is 6.92 Å². The van der Waals surface area contributed by atoms with Gasteiger partial charge in [0.2, 0.25) is 0 Å². The van der Waals surface area contributed by atoms with Crippen LogP contribution in [0.5, 0.6) is 0 Å². The molecule has 1 fully saturated rings. The van der Waals surface area contributed by atoms with E-state index in [0.29, 0.717) is 6.04 Å². The third-order valence-electron chi connectivity index (χ3n) is 4.26. The van der Waals surface area contributed by atoms with Gasteiger partial charge in [-0.3, -0.25) is 0 Å². The second-order valence-electron chi connectivity index (χ2n) is 6.55. The zero-order valence-electron chi connectivity index (χ0n) is 12.5. The SMILES string of the molecule is CC(CC(C)(N)CO)N(C)CC1CCN(C)CC1. The summed E-state index contributed by atoms with van der Waals surface area (Å²) in [7, 11) is 4.38. The van der Waals surface area contributed by atoms with Crippen molar-refractivity contribution >= 4 is 0 Å². The number of rotatable bonds is 6. The van der Waals surface area contributed by atoms with Gasteiger partial charge < -0.3 is 20.6 Å². The molecule has 0 radical (unpaired) electrons. The number of nitrogens with zero attached hydrogens (tertiary/aromatic N) is 2. The minimum absolute atomic E-state index is 0.0550. The first-order valence-corrected chi connectivity index (χ1v) is 7.12. The minimum Gasteiger partial charge on any atom is -0.394 e. The van der Waals surface area contributed by atoms with E-state index < -0.39 is 5.54 Å². The summed E-state index contributed by atoms with van der Waals surface area (Å²) >= 11 is 0. The van der Waals surface area contributed by atoms with E-state index in [9.17, 15) is 5.11 Å². The maximum absolute atomic E-state index is 9.23. The smallest absolute Gasteiger partial charge is 0.0609 e. The van der Waals surface area contributed by atoms with Crippen LogP contribution in [0.2, 0.25) is 0 Å². The molecule has 0 aromatic heterocycles. The van der Waals surface area contributed by atoms with Gasteiger partial charge in [-0.1, -0.05) is 0 Å². The topological polar surface area (TPSA) is 52.7 Å². The molecule has 1 aliphatic heterocycles. The van der Waals surface area contributed by atoms with Gasteiger partial charge in [0.25, 0.3) is 0 Å². The number of piperidine rings is 1. The molecule has 4 heteroatoms. The van der Waals surface area contributed by atoms with Crippen LogP contribution in [0, 0.1) is 5.92 Å². The van der Waals surface area contributed by atoms with Crippen molar-refractivity contribution in [3.8, 4) is 0 Å². The first-order valence-electron chi connectivity index (χ1n) is 7.12. The van der Waals surface area contributed by atoms with Crippen LogP contribution in [0.15, 0.2) is 0 Å². The molecule has 18 heavy (non-hydrogen) atoms. The molecule has 1 rings (SSSR count). The van der Waals surface area contributed by atoms with Crippen LogP contribution in [-0.4, -0.2) is 66.8 Å². The number of aliphatic hydroxyl groups is 1. The van der Waals surface area contributed by atoms with E-state index in [-0.39, 0.29) is 6.61 Å². The molecule has 108 valence electrons. The molecule has 0 aromatic carbocycles. The highest BCUT2D eigenvalue weighted by Gasteiger charge is 2.25. The van der Waals surface area contributed by atoms with Crippen molar-refractivity contribution in [2.45, 2.75) is 44.7 Å². The van der Waals surface area contributed by atoms with E-state index in [1.54, 1.807) is 0 Å². The zero-order chi connectivity index (χ0) is 13.8. The quantitative estimate of drug-likeness (QED) is 0.737. The van der Waals surface area contributed by atoms with Crippen molar-refractivity contribution in [3.05, 3.63) is 0 Å². The monoisotopic (exact) mass is 257 g/mol. The van der Waals surface area contributed by atoms with E-state index in [1.165, 1.54) is 25.9 Å².